The predicted octanol–water partition coefficient (Wildman–Crippen LogP) is 5.79. The number of hydrogen-bond donors (Lipinski definition) is 2. The number of nitrogens with zero attached hydrogens (tertiary/aromatic N) is 4. The van der Waals surface area contributed by atoms with Crippen LogP contribution < -0.4 is 16.1 Å². The number of carbonyl (C=O) groups is 2. The molecule has 4 heterocycles. The van der Waals surface area contributed by atoms with Crippen molar-refractivity contribution >= 4 is 40.1 Å². The Balaban J connectivity index is 1.68. The fourth-order valence-corrected chi connectivity index (χ4v) is 6.09. The number of carbonyl (C=O) groups excluding carboxylic acids is 2. The number of rotatable bonds is 7. The summed E-state index contributed by atoms with van der Waals surface area (Å²) in [6, 6.07) is 6.10. The summed E-state index contributed by atoms with van der Waals surface area (Å²) in [6.45, 7) is 5.56. The van der Waals surface area contributed by atoms with Gasteiger partial charge in [-0.2, -0.15) is 13.2 Å². The monoisotopic (exact) mass is 628 g/mol. The van der Waals surface area contributed by atoms with Gasteiger partial charge in [0, 0.05) is 46.9 Å². The van der Waals surface area contributed by atoms with Gasteiger partial charge in [0.2, 0.25) is 5.43 Å². The van der Waals surface area contributed by atoms with Crippen LogP contribution in [0.25, 0.3) is 32.6 Å². The molecule has 5 rings (SSSR count). The molecule has 3 aromatic heterocycles. The number of piperidine rings is 1. The summed E-state index contributed by atoms with van der Waals surface area (Å²) in [7, 11) is 2.04. The lowest BCUT2D eigenvalue weighted by Crippen LogP contribution is -2.32. The maximum atomic E-state index is 13.7. The van der Waals surface area contributed by atoms with Crippen molar-refractivity contribution in [1.29, 1.82) is 0 Å². The van der Waals surface area contributed by atoms with Crippen molar-refractivity contribution < 1.29 is 27.5 Å². The van der Waals surface area contributed by atoms with E-state index in [1.165, 1.54) is 12.3 Å². The number of fused-ring (bicyclic) bond motifs is 1. The minimum absolute atomic E-state index is 0.0429. The number of thiazole rings is 1. The van der Waals surface area contributed by atoms with Crippen molar-refractivity contribution in [3.63, 3.8) is 0 Å². The van der Waals surface area contributed by atoms with E-state index in [2.05, 4.69) is 25.5 Å². The quantitative estimate of drug-likeness (QED) is 0.249. The summed E-state index contributed by atoms with van der Waals surface area (Å²) in [4.78, 5) is 49.0. The highest BCUT2D eigenvalue weighted by atomic mass is 32.1. The number of ether oxygens (including phenoxy) is 1. The van der Waals surface area contributed by atoms with Gasteiger partial charge in [-0.1, -0.05) is 6.07 Å². The molecule has 0 atom stereocenters. The van der Waals surface area contributed by atoms with Crippen LogP contribution in [0.1, 0.15) is 48.8 Å². The van der Waals surface area contributed by atoms with E-state index in [4.69, 9.17) is 4.74 Å². The third kappa shape index (κ3) is 6.45. The number of amides is 2. The Morgan fingerprint density at radius 1 is 1.14 bits per heavy atom. The summed E-state index contributed by atoms with van der Waals surface area (Å²) in [5.74, 6) is -0.620. The normalized spacial score (nSPS) is 14.5. The molecule has 0 saturated carbocycles. The first kappa shape index (κ1) is 31.1. The molecule has 0 aliphatic carbocycles. The van der Waals surface area contributed by atoms with E-state index in [0.29, 0.717) is 23.2 Å². The largest absolute Gasteiger partial charge is 0.462 e. The number of halogens is 3. The van der Waals surface area contributed by atoms with Crippen molar-refractivity contribution in [3.05, 3.63) is 63.5 Å². The average molecular weight is 629 g/mol. The first-order chi connectivity index (χ1) is 21.0. The minimum atomic E-state index is -4.64. The number of urea groups is 1. The lowest BCUT2D eigenvalue weighted by atomic mass is 9.98. The van der Waals surface area contributed by atoms with Gasteiger partial charge in [0.15, 0.2) is 5.69 Å². The van der Waals surface area contributed by atoms with Gasteiger partial charge in [-0.3, -0.25) is 10.1 Å². The van der Waals surface area contributed by atoms with E-state index in [9.17, 15) is 27.6 Å². The molecule has 10 nitrogen and oxygen atoms in total. The lowest BCUT2D eigenvalue weighted by molar-refractivity contribution is -0.140. The van der Waals surface area contributed by atoms with Crippen molar-refractivity contribution in [2.45, 2.75) is 38.9 Å². The highest BCUT2D eigenvalue weighted by Gasteiger charge is 2.34. The highest BCUT2D eigenvalue weighted by molar-refractivity contribution is 7.13. The van der Waals surface area contributed by atoms with E-state index in [1.807, 2.05) is 11.6 Å². The second kappa shape index (κ2) is 12.7. The summed E-state index contributed by atoms with van der Waals surface area (Å²) in [6.07, 6.45) is -0.0231. The molecule has 44 heavy (non-hydrogen) atoms. The zero-order valence-electron chi connectivity index (χ0n) is 24.3. The van der Waals surface area contributed by atoms with Gasteiger partial charge < -0.3 is 19.5 Å². The summed E-state index contributed by atoms with van der Waals surface area (Å²) in [5.41, 5.74) is 0.122. The molecule has 0 radical (unpaired) electrons. The van der Waals surface area contributed by atoms with Crippen LogP contribution in [0.4, 0.5) is 23.8 Å². The van der Waals surface area contributed by atoms with Gasteiger partial charge in [0.25, 0.3) is 0 Å². The van der Waals surface area contributed by atoms with Crippen LogP contribution in [0.15, 0.2) is 46.8 Å². The predicted molar refractivity (Wildman–Crippen MR) is 162 cm³/mol. The van der Waals surface area contributed by atoms with E-state index >= 15 is 0 Å². The van der Waals surface area contributed by atoms with E-state index in [-0.39, 0.29) is 40.0 Å². The number of likely N-dealkylation sites (tertiary alicyclic amines) is 1. The molecule has 0 spiro atoms. The molecular formula is C30H31F3N6O4S. The van der Waals surface area contributed by atoms with E-state index in [1.54, 1.807) is 38.2 Å². The lowest BCUT2D eigenvalue weighted by Gasteiger charge is -2.32. The van der Waals surface area contributed by atoms with Gasteiger partial charge in [-0.05, 0) is 70.6 Å². The number of anilines is 1. The smallest absolute Gasteiger partial charge is 0.434 e. The maximum absolute atomic E-state index is 13.7. The summed E-state index contributed by atoms with van der Waals surface area (Å²) >= 11 is 0.798. The van der Waals surface area contributed by atoms with Crippen LogP contribution >= 0.6 is 11.3 Å². The second-order valence-corrected chi connectivity index (χ2v) is 11.3. The number of nitrogens with one attached hydrogen (secondary N) is 2. The Morgan fingerprint density at radius 3 is 2.55 bits per heavy atom. The van der Waals surface area contributed by atoms with Crippen LogP contribution in [0.5, 0.6) is 0 Å². The number of alkyl halides is 3. The van der Waals surface area contributed by atoms with Crippen molar-refractivity contribution in [2.24, 2.45) is 0 Å². The molecule has 4 aromatic rings. The molecule has 1 aromatic carbocycles. The first-order valence-corrected chi connectivity index (χ1v) is 15.0. The molecule has 0 unspecified atom stereocenters. The fraction of sp³-hybridized carbons (Fsp3) is 0.367. The molecular weight excluding hydrogens is 597 g/mol. The highest BCUT2D eigenvalue weighted by Crippen LogP contribution is 2.39. The molecule has 1 saturated heterocycles. The van der Waals surface area contributed by atoms with Crippen molar-refractivity contribution in [1.82, 2.24) is 24.8 Å². The Bertz CT molecular complexity index is 1760. The zero-order valence-corrected chi connectivity index (χ0v) is 25.1. The Kier molecular flexibility index (Phi) is 9.02. The summed E-state index contributed by atoms with van der Waals surface area (Å²) in [5, 5.41) is 6.38. The van der Waals surface area contributed by atoms with Gasteiger partial charge in [0.1, 0.15) is 16.4 Å². The standard InChI is InChI=1S/C30H31F3N6O4S/c1-4-34-29(42)37-25-13-19(27-36-24(16-44-27)30(31,32)33)21(14-35-25)17-6-7-23-20(12-17)26(40)22(28(41)43-5-2)15-39(23)18-8-10-38(3)11-9-18/h6-7,12-16,18H,4-5,8-11H2,1-3H3,(H2,34,35,37,42). The zero-order chi connectivity index (χ0) is 31.6. The number of benzene rings is 1. The number of pyridine rings is 2. The molecule has 2 amide bonds. The Hall–Kier alpha value is -4.30. The minimum Gasteiger partial charge on any atom is -0.462 e. The third-order valence-corrected chi connectivity index (χ3v) is 8.30. The Labute approximate surface area is 254 Å². The van der Waals surface area contributed by atoms with Gasteiger partial charge in [0.05, 0.1) is 12.1 Å². The maximum Gasteiger partial charge on any atom is 0.434 e. The van der Waals surface area contributed by atoms with E-state index in [0.717, 1.165) is 42.6 Å². The van der Waals surface area contributed by atoms with Crippen LogP contribution in [-0.4, -0.2) is 64.7 Å². The SMILES string of the molecule is CCNC(=O)Nc1cc(-c2nc(C(F)(F)F)cs2)c(-c2ccc3c(c2)c(=O)c(C(=O)OCC)cn3C2CCN(C)CC2)cn1. The molecule has 232 valence electrons. The molecule has 1 fully saturated rings. The first-order valence-electron chi connectivity index (χ1n) is 14.1. The van der Waals surface area contributed by atoms with E-state index < -0.39 is 29.3 Å². The molecule has 1 aliphatic heterocycles. The van der Waals surface area contributed by atoms with Gasteiger partial charge >= 0.3 is 18.2 Å². The third-order valence-electron chi connectivity index (χ3n) is 7.43. The number of hydrogen-bond acceptors (Lipinski definition) is 8. The van der Waals surface area contributed by atoms with Crippen molar-refractivity contribution in [3.8, 4) is 21.7 Å². The van der Waals surface area contributed by atoms with Crippen LogP contribution in [-0.2, 0) is 10.9 Å². The molecule has 14 heteroatoms. The molecule has 1 aliphatic rings. The van der Waals surface area contributed by atoms with Gasteiger partial charge in [-0.15, -0.1) is 11.3 Å². The van der Waals surface area contributed by atoms with Crippen LogP contribution in [0.2, 0.25) is 0 Å². The van der Waals surface area contributed by atoms with Crippen LogP contribution in [0, 0.1) is 0 Å². The fourth-order valence-electron chi connectivity index (χ4n) is 5.23. The average Bonchev–Trinajstić information content (AvgIpc) is 3.49. The van der Waals surface area contributed by atoms with Gasteiger partial charge in [-0.25, -0.2) is 19.6 Å². The number of aromatic nitrogens is 3. The number of esters is 1. The Morgan fingerprint density at radius 2 is 1.89 bits per heavy atom. The van der Waals surface area contributed by atoms with Crippen molar-refractivity contribution in [2.75, 3.05) is 38.6 Å². The second-order valence-electron chi connectivity index (χ2n) is 10.4. The van der Waals surface area contributed by atoms with Crippen LogP contribution in [0.3, 0.4) is 0 Å². The topological polar surface area (TPSA) is 118 Å². The molecule has 0 bridgehead atoms. The molecule has 2 N–H and O–H groups in total. The summed E-state index contributed by atoms with van der Waals surface area (Å²) < 4.78 is 47.5.